The summed E-state index contributed by atoms with van der Waals surface area (Å²) in [6, 6.07) is 15.7. The molecule has 5 atom stereocenters. The number of nitrogens with one attached hydrogen (secondary N) is 3. The minimum atomic E-state index is -1.80. The number of hydrogen-bond donors (Lipinski definition) is 3. The highest BCUT2D eigenvalue weighted by molar-refractivity contribution is 6.09. The number of morpholine rings is 1. The lowest BCUT2D eigenvalue weighted by Crippen LogP contribution is -2.68. The molecular formula is C32H39N3O8. The molecular weight excluding hydrogens is 554 g/mol. The molecule has 11 nitrogen and oxygen atoms in total. The van der Waals surface area contributed by atoms with Crippen molar-refractivity contribution < 1.29 is 38.2 Å². The van der Waals surface area contributed by atoms with Gasteiger partial charge in [-0.1, -0.05) is 73.5 Å². The molecule has 0 radical (unpaired) electrons. The fourth-order valence-electron chi connectivity index (χ4n) is 5.07. The summed E-state index contributed by atoms with van der Waals surface area (Å²) in [7, 11) is 0. The van der Waals surface area contributed by atoms with Crippen molar-refractivity contribution in [3.05, 3.63) is 71.8 Å². The van der Waals surface area contributed by atoms with Gasteiger partial charge in [-0.2, -0.15) is 0 Å². The maximum Gasteiger partial charge on any atom is 0.328 e. The third kappa shape index (κ3) is 8.63. The maximum absolute atomic E-state index is 13.2. The molecule has 230 valence electrons. The number of rotatable bonds is 12. The molecule has 2 aliphatic rings. The summed E-state index contributed by atoms with van der Waals surface area (Å²) in [5, 5.41) is 8.01. The molecule has 1 aliphatic heterocycles. The predicted octanol–water partition coefficient (Wildman–Crippen LogP) is 2.46. The van der Waals surface area contributed by atoms with Crippen LogP contribution in [-0.4, -0.2) is 59.5 Å². The summed E-state index contributed by atoms with van der Waals surface area (Å²) >= 11 is 0. The molecule has 3 unspecified atom stereocenters. The lowest BCUT2D eigenvalue weighted by Gasteiger charge is -2.43. The van der Waals surface area contributed by atoms with E-state index in [0.717, 1.165) is 36.8 Å². The first kappa shape index (κ1) is 31.7. The van der Waals surface area contributed by atoms with Crippen LogP contribution in [0.4, 0.5) is 0 Å². The number of fused-ring (bicyclic) bond motifs is 1. The molecule has 2 aromatic rings. The van der Waals surface area contributed by atoms with Gasteiger partial charge in [-0.3, -0.25) is 19.2 Å². The molecule has 3 N–H and O–H groups in total. The Bertz CT molecular complexity index is 1290. The Hall–Kier alpha value is -4.25. The van der Waals surface area contributed by atoms with Gasteiger partial charge in [0.1, 0.15) is 25.3 Å². The number of carbonyl (C=O) groups excluding carboxylic acids is 5. The summed E-state index contributed by atoms with van der Waals surface area (Å²) in [5.41, 5.74) is -0.234. The van der Waals surface area contributed by atoms with Crippen molar-refractivity contribution in [1.82, 2.24) is 16.0 Å². The topological polar surface area (TPSA) is 149 Å². The van der Waals surface area contributed by atoms with Crippen LogP contribution in [0.25, 0.3) is 0 Å². The molecule has 4 rings (SSSR count). The van der Waals surface area contributed by atoms with E-state index in [1.807, 2.05) is 36.4 Å². The van der Waals surface area contributed by atoms with E-state index < -0.39 is 47.3 Å². The van der Waals surface area contributed by atoms with E-state index in [1.54, 1.807) is 24.3 Å². The average molecular weight is 594 g/mol. The first-order valence-corrected chi connectivity index (χ1v) is 14.7. The van der Waals surface area contributed by atoms with Crippen LogP contribution in [0.5, 0.6) is 0 Å². The molecule has 2 fully saturated rings. The fraction of sp³-hybridized carbons (Fsp3) is 0.469. The summed E-state index contributed by atoms with van der Waals surface area (Å²) in [5.74, 6) is -3.30. The molecule has 1 saturated heterocycles. The Morgan fingerprint density at radius 3 is 2.19 bits per heavy atom. The summed E-state index contributed by atoms with van der Waals surface area (Å²) in [4.78, 5) is 64.6. The Morgan fingerprint density at radius 2 is 1.53 bits per heavy atom. The Morgan fingerprint density at radius 1 is 0.930 bits per heavy atom. The normalized spacial score (nSPS) is 22.6. The van der Waals surface area contributed by atoms with Crippen LogP contribution in [0.3, 0.4) is 0 Å². The van der Waals surface area contributed by atoms with Crippen molar-refractivity contribution in [2.24, 2.45) is 0 Å². The van der Waals surface area contributed by atoms with Crippen LogP contribution >= 0.6 is 0 Å². The minimum absolute atomic E-state index is 0.0241. The molecule has 0 aromatic heterocycles. The van der Waals surface area contributed by atoms with Gasteiger partial charge in [-0.15, -0.1) is 0 Å². The van der Waals surface area contributed by atoms with E-state index in [-0.39, 0.29) is 38.2 Å². The molecule has 0 bridgehead atoms. The van der Waals surface area contributed by atoms with Gasteiger partial charge in [0.05, 0.1) is 12.1 Å². The monoisotopic (exact) mass is 593 g/mol. The third-order valence-electron chi connectivity index (χ3n) is 7.72. The molecule has 2 aromatic carbocycles. The number of esters is 2. The van der Waals surface area contributed by atoms with E-state index in [2.05, 4.69) is 16.0 Å². The Kier molecular flexibility index (Phi) is 10.9. The fourth-order valence-corrected chi connectivity index (χ4v) is 5.07. The number of hydrogen-bond acceptors (Lipinski definition) is 8. The smallest absolute Gasteiger partial charge is 0.328 e. The Balaban J connectivity index is 1.35. The summed E-state index contributed by atoms with van der Waals surface area (Å²) in [6.45, 7) is 2.87. The maximum atomic E-state index is 13.2. The third-order valence-corrected chi connectivity index (χ3v) is 7.72. The van der Waals surface area contributed by atoms with Crippen LogP contribution < -0.4 is 16.0 Å². The van der Waals surface area contributed by atoms with Gasteiger partial charge in [0.2, 0.25) is 11.5 Å². The minimum Gasteiger partial charge on any atom is -0.461 e. The molecule has 43 heavy (non-hydrogen) atoms. The van der Waals surface area contributed by atoms with Gasteiger partial charge in [0.25, 0.3) is 11.8 Å². The van der Waals surface area contributed by atoms with Crippen molar-refractivity contribution in [2.75, 3.05) is 0 Å². The summed E-state index contributed by atoms with van der Waals surface area (Å²) < 4.78 is 16.7. The van der Waals surface area contributed by atoms with Gasteiger partial charge in [-0.25, -0.2) is 4.79 Å². The van der Waals surface area contributed by atoms with Gasteiger partial charge < -0.3 is 30.2 Å². The van der Waals surface area contributed by atoms with Crippen molar-refractivity contribution in [2.45, 2.75) is 95.4 Å². The van der Waals surface area contributed by atoms with Gasteiger partial charge in [-0.05, 0) is 44.2 Å². The largest absolute Gasteiger partial charge is 0.461 e. The van der Waals surface area contributed by atoms with Gasteiger partial charge in [0, 0.05) is 6.42 Å². The van der Waals surface area contributed by atoms with E-state index >= 15 is 0 Å². The second-order valence-electron chi connectivity index (χ2n) is 11.1. The highest BCUT2D eigenvalue weighted by Crippen LogP contribution is 2.30. The zero-order chi connectivity index (χ0) is 30.8. The van der Waals surface area contributed by atoms with Crippen LogP contribution in [0, 0.1) is 0 Å². The molecule has 1 saturated carbocycles. The molecule has 1 heterocycles. The first-order valence-electron chi connectivity index (χ1n) is 14.7. The summed E-state index contributed by atoms with van der Waals surface area (Å²) in [6.07, 6.45) is 2.91. The zero-order valence-electron chi connectivity index (χ0n) is 24.5. The Labute approximate surface area is 251 Å². The van der Waals surface area contributed by atoms with Crippen molar-refractivity contribution in [1.29, 1.82) is 0 Å². The van der Waals surface area contributed by atoms with Crippen LogP contribution in [0.2, 0.25) is 0 Å². The van der Waals surface area contributed by atoms with Gasteiger partial charge in [0.15, 0.2) is 0 Å². The number of amides is 3. The number of ether oxygens (including phenoxy) is 3. The van der Waals surface area contributed by atoms with E-state index in [0.29, 0.717) is 0 Å². The quantitative estimate of drug-likeness (QED) is 0.251. The molecule has 1 aliphatic carbocycles. The van der Waals surface area contributed by atoms with Crippen LogP contribution in [-0.2, 0) is 51.4 Å². The van der Waals surface area contributed by atoms with Crippen molar-refractivity contribution in [3.63, 3.8) is 0 Å². The molecule has 0 spiro atoms. The van der Waals surface area contributed by atoms with E-state index in [9.17, 15) is 24.0 Å². The van der Waals surface area contributed by atoms with E-state index in [4.69, 9.17) is 14.2 Å². The number of benzene rings is 2. The zero-order valence-corrected chi connectivity index (χ0v) is 24.5. The second kappa shape index (κ2) is 14.8. The highest BCUT2D eigenvalue weighted by Gasteiger charge is 2.51. The van der Waals surface area contributed by atoms with Crippen LogP contribution in [0.1, 0.15) is 63.5 Å². The first-order chi connectivity index (χ1) is 20.7. The van der Waals surface area contributed by atoms with Crippen molar-refractivity contribution in [3.8, 4) is 0 Å². The highest BCUT2D eigenvalue weighted by atomic mass is 16.5. The van der Waals surface area contributed by atoms with Gasteiger partial charge >= 0.3 is 11.9 Å². The SMILES string of the molecule is C[C@H](NC(=O)C1(C)OC2CCCCC2NC1=O)C(=O)N[C@H](CCC(=O)OCc1ccccc1)C(=O)OCc1ccccc1. The lowest BCUT2D eigenvalue weighted by atomic mass is 9.88. The predicted molar refractivity (Wildman–Crippen MR) is 155 cm³/mol. The average Bonchev–Trinajstić information content (AvgIpc) is 3.02. The molecule has 3 amide bonds. The van der Waals surface area contributed by atoms with Crippen molar-refractivity contribution >= 4 is 29.7 Å². The molecule has 11 heteroatoms. The second-order valence-corrected chi connectivity index (χ2v) is 11.1. The lowest BCUT2D eigenvalue weighted by molar-refractivity contribution is -0.182. The standard InChI is InChI=1S/C32H39N3O8/c1-21(33-30(39)32(2)31(40)35-24-15-9-10-16-26(24)43-32)28(37)34-25(29(38)42-20-23-13-7-4-8-14-23)17-18-27(36)41-19-22-11-5-3-6-12-22/h3-8,11-14,21,24-26H,9-10,15-20H2,1-2H3,(H,33,39)(H,34,37)(H,35,40)/t21-,24?,25+,26?,32?/m0/s1. The van der Waals surface area contributed by atoms with Crippen LogP contribution in [0.15, 0.2) is 60.7 Å². The van der Waals surface area contributed by atoms with E-state index in [1.165, 1.54) is 13.8 Å². The number of carbonyl (C=O) groups is 5.